The minimum absolute atomic E-state index is 0.118. The molecule has 0 aliphatic carbocycles. The van der Waals surface area contributed by atoms with E-state index in [1.165, 1.54) is 4.31 Å². The Morgan fingerprint density at radius 2 is 1.84 bits per heavy atom. The number of sulfonamides is 1. The minimum atomic E-state index is -3.89. The molecule has 0 aromatic heterocycles. The van der Waals surface area contributed by atoms with Crippen LogP contribution in [-0.2, 0) is 10.0 Å². The summed E-state index contributed by atoms with van der Waals surface area (Å²) in [4.78, 5) is 10.0. The van der Waals surface area contributed by atoms with E-state index in [0.717, 1.165) is 23.8 Å². The predicted octanol–water partition coefficient (Wildman–Crippen LogP) is 2.36. The van der Waals surface area contributed by atoms with Crippen molar-refractivity contribution in [1.82, 2.24) is 4.31 Å². The maximum Gasteiger partial charge on any atom is 0.271 e. The highest BCUT2D eigenvalue weighted by Gasteiger charge is 2.39. The average Bonchev–Trinajstić information content (AvgIpc) is 2.98. The molecular weight excluding hydrogens is 366 g/mol. The van der Waals surface area contributed by atoms with Crippen LogP contribution in [-0.4, -0.2) is 36.8 Å². The van der Waals surface area contributed by atoms with Gasteiger partial charge in [-0.25, -0.2) is 8.42 Å². The Kier molecular flexibility index (Phi) is 4.79. The van der Waals surface area contributed by atoms with Gasteiger partial charge in [0.15, 0.2) is 0 Å². The van der Waals surface area contributed by atoms with E-state index in [1.54, 1.807) is 0 Å². The molecule has 25 heavy (non-hydrogen) atoms. The summed E-state index contributed by atoms with van der Waals surface area (Å²) in [6.07, 6.45) is 0. The summed E-state index contributed by atoms with van der Waals surface area (Å²) in [5.41, 5.74) is 6.86. The van der Waals surface area contributed by atoms with Gasteiger partial charge < -0.3 is 5.73 Å². The molecule has 3 rings (SSSR count). The monoisotopic (exact) mass is 381 g/mol. The van der Waals surface area contributed by atoms with E-state index in [4.69, 9.17) is 17.3 Å². The van der Waals surface area contributed by atoms with Crippen LogP contribution in [0.5, 0.6) is 0 Å². The Morgan fingerprint density at radius 3 is 2.44 bits per heavy atom. The first-order valence-electron chi connectivity index (χ1n) is 7.55. The first-order valence-corrected chi connectivity index (χ1v) is 9.37. The van der Waals surface area contributed by atoms with Gasteiger partial charge in [-0.1, -0.05) is 41.9 Å². The fraction of sp³-hybridized carbons (Fsp3) is 0.250. The number of hydrogen-bond acceptors (Lipinski definition) is 5. The van der Waals surface area contributed by atoms with Crippen molar-refractivity contribution >= 4 is 27.3 Å². The molecule has 0 radical (unpaired) electrons. The standard InChI is InChI=1S/C16H16ClN3O4S/c17-14-8-12(20(21)22)6-7-16(14)25(23,24)19-9-13(15(18)10-19)11-4-2-1-3-5-11/h1-8,13,15H,9-10,18H2/t13-,15+/m0/s1. The van der Waals surface area contributed by atoms with Crippen molar-refractivity contribution in [2.24, 2.45) is 5.73 Å². The summed E-state index contributed by atoms with van der Waals surface area (Å²) in [6, 6.07) is 12.5. The second kappa shape index (κ2) is 6.72. The van der Waals surface area contributed by atoms with Crippen LogP contribution in [0.25, 0.3) is 0 Å². The SMILES string of the molecule is N[C@@H]1CN(S(=O)(=O)c2ccc([N+](=O)[O-])cc2Cl)C[C@H]1c1ccccc1. The Bertz CT molecular complexity index is 905. The predicted molar refractivity (Wildman–Crippen MR) is 94.0 cm³/mol. The second-order valence-corrected chi connectivity index (χ2v) is 8.19. The van der Waals surface area contributed by atoms with Gasteiger partial charge in [-0.05, 0) is 11.6 Å². The molecule has 0 amide bonds. The number of nitrogens with zero attached hydrogens (tertiary/aromatic N) is 2. The van der Waals surface area contributed by atoms with Gasteiger partial charge in [-0.3, -0.25) is 10.1 Å². The van der Waals surface area contributed by atoms with E-state index in [9.17, 15) is 18.5 Å². The topological polar surface area (TPSA) is 107 Å². The maximum atomic E-state index is 12.9. The molecule has 0 bridgehead atoms. The van der Waals surface area contributed by atoms with Crippen molar-refractivity contribution in [1.29, 1.82) is 0 Å². The highest BCUT2D eigenvalue weighted by atomic mass is 35.5. The van der Waals surface area contributed by atoms with Crippen LogP contribution in [0.1, 0.15) is 11.5 Å². The smallest absolute Gasteiger partial charge is 0.271 e. The molecule has 1 aliphatic rings. The van der Waals surface area contributed by atoms with E-state index in [2.05, 4.69) is 0 Å². The lowest BCUT2D eigenvalue weighted by molar-refractivity contribution is -0.384. The molecular formula is C16H16ClN3O4S. The quantitative estimate of drug-likeness (QED) is 0.646. The van der Waals surface area contributed by atoms with Crippen LogP contribution >= 0.6 is 11.6 Å². The van der Waals surface area contributed by atoms with Crippen LogP contribution in [0.15, 0.2) is 53.4 Å². The molecule has 2 atom stereocenters. The Labute approximate surface area is 150 Å². The number of non-ortho nitro benzene ring substituents is 1. The Morgan fingerprint density at radius 1 is 1.16 bits per heavy atom. The van der Waals surface area contributed by atoms with Crippen LogP contribution in [0.2, 0.25) is 5.02 Å². The second-order valence-electron chi connectivity index (χ2n) is 5.87. The molecule has 1 saturated heterocycles. The van der Waals surface area contributed by atoms with Gasteiger partial charge in [-0.15, -0.1) is 0 Å². The summed E-state index contributed by atoms with van der Waals surface area (Å²) in [6.45, 7) is 0.399. The average molecular weight is 382 g/mol. The molecule has 1 fully saturated rings. The number of benzene rings is 2. The van der Waals surface area contributed by atoms with Gasteiger partial charge >= 0.3 is 0 Å². The Hall–Kier alpha value is -2.00. The molecule has 1 aliphatic heterocycles. The van der Waals surface area contributed by atoms with Gasteiger partial charge in [0.05, 0.1) is 9.95 Å². The number of nitro groups is 1. The highest BCUT2D eigenvalue weighted by molar-refractivity contribution is 7.89. The van der Waals surface area contributed by atoms with Crippen LogP contribution in [0.4, 0.5) is 5.69 Å². The molecule has 0 unspecified atom stereocenters. The van der Waals surface area contributed by atoms with Crippen molar-refractivity contribution in [2.75, 3.05) is 13.1 Å². The van der Waals surface area contributed by atoms with Crippen molar-refractivity contribution < 1.29 is 13.3 Å². The normalized spacial score (nSPS) is 21.4. The van der Waals surface area contributed by atoms with Gasteiger partial charge in [0, 0.05) is 37.2 Å². The number of rotatable bonds is 4. The number of halogens is 1. The summed E-state index contributed by atoms with van der Waals surface area (Å²) in [5, 5.41) is 10.6. The third-order valence-electron chi connectivity index (χ3n) is 4.30. The first kappa shape index (κ1) is 17.8. The first-order chi connectivity index (χ1) is 11.8. The van der Waals surface area contributed by atoms with Crippen LogP contribution < -0.4 is 5.73 Å². The minimum Gasteiger partial charge on any atom is -0.326 e. The third kappa shape index (κ3) is 3.38. The lowest BCUT2D eigenvalue weighted by Crippen LogP contribution is -2.32. The Balaban J connectivity index is 1.90. The van der Waals surface area contributed by atoms with Crippen molar-refractivity contribution in [3.05, 3.63) is 69.2 Å². The van der Waals surface area contributed by atoms with Crippen LogP contribution in [0, 0.1) is 10.1 Å². The van der Waals surface area contributed by atoms with Gasteiger partial charge in [0.2, 0.25) is 10.0 Å². The largest absolute Gasteiger partial charge is 0.326 e. The van der Waals surface area contributed by atoms with E-state index < -0.39 is 14.9 Å². The maximum absolute atomic E-state index is 12.9. The fourth-order valence-electron chi connectivity index (χ4n) is 2.99. The molecule has 2 aromatic carbocycles. The number of hydrogen-bond donors (Lipinski definition) is 1. The number of nitrogens with two attached hydrogens (primary N) is 1. The van der Waals surface area contributed by atoms with E-state index in [1.807, 2.05) is 30.3 Å². The molecule has 2 N–H and O–H groups in total. The summed E-state index contributed by atoms with van der Waals surface area (Å²) < 4.78 is 27.0. The summed E-state index contributed by atoms with van der Waals surface area (Å²) >= 11 is 5.98. The summed E-state index contributed by atoms with van der Waals surface area (Å²) in [7, 11) is -3.89. The third-order valence-corrected chi connectivity index (χ3v) is 6.62. The highest BCUT2D eigenvalue weighted by Crippen LogP contribution is 2.33. The fourth-order valence-corrected chi connectivity index (χ4v) is 5.01. The van der Waals surface area contributed by atoms with Gasteiger partial charge in [0.1, 0.15) is 4.90 Å². The van der Waals surface area contributed by atoms with E-state index in [0.29, 0.717) is 0 Å². The zero-order valence-electron chi connectivity index (χ0n) is 13.1. The molecule has 132 valence electrons. The van der Waals surface area contributed by atoms with Gasteiger partial charge in [-0.2, -0.15) is 4.31 Å². The molecule has 9 heteroatoms. The van der Waals surface area contributed by atoms with Crippen LogP contribution in [0.3, 0.4) is 0 Å². The molecule has 7 nitrogen and oxygen atoms in total. The molecule has 0 spiro atoms. The summed E-state index contributed by atoms with van der Waals surface area (Å²) in [5.74, 6) is -0.118. The van der Waals surface area contributed by atoms with Gasteiger partial charge in [0.25, 0.3) is 5.69 Å². The molecule has 2 aromatic rings. The molecule has 1 heterocycles. The number of nitro benzene ring substituents is 1. The lowest BCUT2D eigenvalue weighted by Gasteiger charge is -2.17. The van der Waals surface area contributed by atoms with E-state index in [-0.39, 0.29) is 40.7 Å². The van der Waals surface area contributed by atoms with Crippen molar-refractivity contribution in [3.63, 3.8) is 0 Å². The lowest BCUT2D eigenvalue weighted by atomic mass is 9.95. The van der Waals surface area contributed by atoms with Crippen molar-refractivity contribution in [3.8, 4) is 0 Å². The molecule has 0 saturated carbocycles. The van der Waals surface area contributed by atoms with Crippen molar-refractivity contribution in [2.45, 2.75) is 16.9 Å². The zero-order valence-corrected chi connectivity index (χ0v) is 14.7. The zero-order chi connectivity index (χ0) is 18.2. The van der Waals surface area contributed by atoms with E-state index >= 15 is 0 Å².